The minimum absolute atomic E-state index is 0.191. The van der Waals surface area contributed by atoms with Crippen molar-refractivity contribution < 1.29 is 19.1 Å². The van der Waals surface area contributed by atoms with E-state index in [1.54, 1.807) is 36.4 Å². The number of nitrogens with zero attached hydrogens (tertiary/aromatic N) is 3. The minimum atomic E-state index is -0.605. The molecule has 10 nitrogen and oxygen atoms in total. The Morgan fingerprint density at radius 1 is 1.08 bits per heavy atom. The van der Waals surface area contributed by atoms with Gasteiger partial charge in [0.1, 0.15) is 0 Å². The number of hydrogen-bond acceptors (Lipinski definition) is 7. The van der Waals surface area contributed by atoms with Gasteiger partial charge in [-0.2, -0.15) is 10.2 Å². The molecular weight excluding hydrogens is 498 g/mol. The first-order valence-electron chi connectivity index (χ1n) is 12.6. The standard InChI is InChI=1S/C29H25N5O5/c1-38-29(37)23-14-18(10-11-20(23)25-19-6-2-3-7-21(19)27(35)32-31-25)30-28(36)26-22-8-4-5-9-24(22)34(33-26)15-17-12-13-39-16-17/h2-11,14,17H,12-13,15-16H2,1H3,(H,30,36)(H,32,35). The molecule has 1 saturated heterocycles. The van der Waals surface area contributed by atoms with Crippen LogP contribution < -0.4 is 10.9 Å². The molecule has 5 aromatic rings. The molecule has 0 radical (unpaired) electrons. The molecule has 3 aromatic carbocycles. The van der Waals surface area contributed by atoms with Crippen LogP contribution in [0.15, 0.2) is 71.5 Å². The number of hydrogen-bond donors (Lipinski definition) is 2. The lowest BCUT2D eigenvalue weighted by Gasteiger charge is -2.12. The molecule has 3 heterocycles. The number of carbonyl (C=O) groups excluding carboxylic acids is 2. The Labute approximate surface area is 222 Å². The van der Waals surface area contributed by atoms with Gasteiger partial charge in [0, 0.05) is 41.1 Å². The Balaban J connectivity index is 1.36. The van der Waals surface area contributed by atoms with Crippen molar-refractivity contribution in [3.05, 3.63) is 88.3 Å². The highest BCUT2D eigenvalue weighted by atomic mass is 16.5. The van der Waals surface area contributed by atoms with Gasteiger partial charge in [0.2, 0.25) is 0 Å². The lowest BCUT2D eigenvalue weighted by Crippen LogP contribution is -2.16. The summed E-state index contributed by atoms with van der Waals surface area (Å²) < 4.78 is 12.4. The van der Waals surface area contributed by atoms with Crippen molar-refractivity contribution in [3.63, 3.8) is 0 Å². The number of para-hydroxylation sites is 1. The Morgan fingerprint density at radius 3 is 2.62 bits per heavy atom. The van der Waals surface area contributed by atoms with Crippen LogP contribution in [0.4, 0.5) is 5.69 Å². The summed E-state index contributed by atoms with van der Waals surface area (Å²) in [5, 5.41) is 16.0. The van der Waals surface area contributed by atoms with E-state index in [1.165, 1.54) is 13.2 Å². The number of H-pyrrole nitrogens is 1. The average molecular weight is 524 g/mol. The van der Waals surface area contributed by atoms with E-state index < -0.39 is 11.9 Å². The molecule has 1 aliphatic heterocycles. The van der Waals surface area contributed by atoms with E-state index in [0.29, 0.717) is 52.5 Å². The SMILES string of the molecule is COC(=O)c1cc(NC(=O)c2nn(CC3CCOC3)c3ccccc23)ccc1-c1n[nH]c(=O)c2ccccc12. The zero-order chi connectivity index (χ0) is 26.9. The number of aromatic amines is 1. The maximum atomic E-state index is 13.4. The van der Waals surface area contributed by atoms with Crippen LogP contribution in [0.2, 0.25) is 0 Å². The van der Waals surface area contributed by atoms with Gasteiger partial charge >= 0.3 is 5.97 Å². The summed E-state index contributed by atoms with van der Waals surface area (Å²) in [6.45, 7) is 2.08. The van der Waals surface area contributed by atoms with Crippen LogP contribution in [0.1, 0.15) is 27.3 Å². The smallest absolute Gasteiger partial charge is 0.338 e. The second-order valence-corrected chi connectivity index (χ2v) is 9.43. The summed E-state index contributed by atoms with van der Waals surface area (Å²) in [7, 11) is 1.28. The number of rotatable bonds is 6. The molecule has 39 heavy (non-hydrogen) atoms. The zero-order valence-corrected chi connectivity index (χ0v) is 21.1. The van der Waals surface area contributed by atoms with Gasteiger partial charge in [-0.1, -0.05) is 36.4 Å². The maximum absolute atomic E-state index is 13.4. The van der Waals surface area contributed by atoms with Crippen LogP contribution in [0, 0.1) is 5.92 Å². The number of nitrogens with one attached hydrogen (secondary N) is 2. The van der Waals surface area contributed by atoms with Crippen molar-refractivity contribution in [2.45, 2.75) is 13.0 Å². The topological polar surface area (TPSA) is 128 Å². The number of amides is 1. The molecule has 196 valence electrons. The summed E-state index contributed by atoms with van der Waals surface area (Å²) >= 11 is 0. The van der Waals surface area contributed by atoms with Crippen LogP contribution in [0.5, 0.6) is 0 Å². The van der Waals surface area contributed by atoms with Gasteiger partial charge in [-0.3, -0.25) is 14.3 Å². The molecule has 1 fully saturated rings. The van der Waals surface area contributed by atoms with Crippen molar-refractivity contribution in [2.24, 2.45) is 5.92 Å². The predicted octanol–water partition coefficient (Wildman–Crippen LogP) is 4.02. The quantitative estimate of drug-likeness (QED) is 0.322. The monoisotopic (exact) mass is 523 g/mol. The fraction of sp³-hybridized carbons (Fsp3) is 0.207. The first kappa shape index (κ1) is 24.5. The summed E-state index contributed by atoms with van der Waals surface area (Å²) in [6, 6.07) is 19.5. The molecular formula is C29H25N5O5. The molecule has 1 atom stereocenters. The third-order valence-electron chi connectivity index (χ3n) is 6.96. The molecule has 2 aromatic heterocycles. The molecule has 1 unspecified atom stereocenters. The van der Waals surface area contributed by atoms with Gasteiger partial charge in [-0.15, -0.1) is 0 Å². The molecule has 2 N–H and O–H groups in total. The largest absolute Gasteiger partial charge is 0.465 e. The molecule has 0 saturated carbocycles. The summed E-state index contributed by atoms with van der Waals surface area (Å²) in [5.41, 5.74) is 2.30. The highest BCUT2D eigenvalue weighted by Gasteiger charge is 2.23. The molecule has 1 aliphatic rings. The molecule has 6 rings (SSSR count). The number of methoxy groups -OCH3 is 1. The number of anilines is 1. The average Bonchev–Trinajstić information content (AvgIpc) is 3.62. The second-order valence-electron chi connectivity index (χ2n) is 9.43. The Hall–Kier alpha value is -4.83. The summed E-state index contributed by atoms with van der Waals surface area (Å²) in [5.74, 6) is -0.660. The van der Waals surface area contributed by atoms with E-state index >= 15 is 0 Å². The fourth-order valence-corrected chi connectivity index (χ4v) is 5.02. The first-order valence-corrected chi connectivity index (χ1v) is 12.6. The lowest BCUT2D eigenvalue weighted by molar-refractivity contribution is 0.0601. The minimum Gasteiger partial charge on any atom is -0.465 e. The van der Waals surface area contributed by atoms with Gasteiger partial charge in [-0.25, -0.2) is 9.89 Å². The first-order chi connectivity index (χ1) is 19.0. The lowest BCUT2D eigenvalue weighted by atomic mass is 9.99. The van der Waals surface area contributed by atoms with Gasteiger partial charge in [0.05, 0.1) is 35.9 Å². The molecule has 0 bridgehead atoms. The molecule has 0 aliphatic carbocycles. The van der Waals surface area contributed by atoms with Gasteiger partial charge < -0.3 is 14.8 Å². The van der Waals surface area contributed by atoms with Crippen molar-refractivity contribution in [1.82, 2.24) is 20.0 Å². The van der Waals surface area contributed by atoms with E-state index in [9.17, 15) is 14.4 Å². The van der Waals surface area contributed by atoms with Crippen molar-refractivity contribution >= 4 is 39.2 Å². The number of esters is 1. The van der Waals surface area contributed by atoms with E-state index in [0.717, 1.165) is 23.9 Å². The van der Waals surface area contributed by atoms with E-state index in [2.05, 4.69) is 20.6 Å². The van der Waals surface area contributed by atoms with Gasteiger partial charge in [0.25, 0.3) is 11.5 Å². The van der Waals surface area contributed by atoms with Crippen LogP contribution in [0.25, 0.3) is 32.9 Å². The molecule has 0 spiro atoms. The number of carbonyl (C=O) groups is 2. The maximum Gasteiger partial charge on any atom is 0.338 e. The van der Waals surface area contributed by atoms with E-state index in [4.69, 9.17) is 9.47 Å². The normalized spacial score (nSPS) is 15.1. The van der Waals surface area contributed by atoms with Crippen molar-refractivity contribution in [3.8, 4) is 11.3 Å². The van der Waals surface area contributed by atoms with Crippen LogP contribution in [0.3, 0.4) is 0 Å². The number of fused-ring (bicyclic) bond motifs is 2. The Morgan fingerprint density at radius 2 is 1.85 bits per heavy atom. The third kappa shape index (κ3) is 4.55. The van der Waals surface area contributed by atoms with E-state index in [-0.39, 0.29) is 11.1 Å². The molecule has 10 heteroatoms. The van der Waals surface area contributed by atoms with Gasteiger partial charge in [-0.05, 0) is 36.8 Å². The Bertz CT molecular complexity index is 1780. The highest BCUT2D eigenvalue weighted by Crippen LogP contribution is 2.30. The molecule has 1 amide bonds. The van der Waals surface area contributed by atoms with Crippen molar-refractivity contribution in [2.75, 3.05) is 25.6 Å². The number of aromatic nitrogens is 4. The van der Waals surface area contributed by atoms with Crippen molar-refractivity contribution in [1.29, 1.82) is 0 Å². The van der Waals surface area contributed by atoms with Crippen LogP contribution in [-0.4, -0.2) is 52.2 Å². The van der Waals surface area contributed by atoms with Crippen LogP contribution >= 0.6 is 0 Å². The Kier molecular flexibility index (Phi) is 6.37. The zero-order valence-electron chi connectivity index (χ0n) is 21.1. The summed E-state index contributed by atoms with van der Waals surface area (Å²) in [4.78, 5) is 38.5. The number of ether oxygens (including phenoxy) is 2. The fourth-order valence-electron chi connectivity index (χ4n) is 5.02. The third-order valence-corrected chi connectivity index (χ3v) is 6.96. The second kappa shape index (κ2) is 10.1. The van der Waals surface area contributed by atoms with Crippen LogP contribution in [-0.2, 0) is 16.0 Å². The summed E-state index contributed by atoms with van der Waals surface area (Å²) in [6.07, 6.45) is 0.956. The van der Waals surface area contributed by atoms with Gasteiger partial charge in [0.15, 0.2) is 5.69 Å². The predicted molar refractivity (Wildman–Crippen MR) is 146 cm³/mol. The van der Waals surface area contributed by atoms with E-state index in [1.807, 2.05) is 28.9 Å². The number of benzene rings is 3. The highest BCUT2D eigenvalue weighted by molar-refractivity contribution is 6.12.